The van der Waals surface area contributed by atoms with Gasteiger partial charge in [0.05, 0.1) is 11.5 Å². The van der Waals surface area contributed by atoms with E-state index in [2.05, 4.69) is 0 Å². The number of aromatic carboxylic acids is 1. The molecule has 0 saturated carbocycles. The Balaban J connectivity index is 2.22. The summed E-state index contributed by atoms with van der Waals surface area (Å²) in [6.45, 7) is 1.53. The molecule has 0 unspecified atom stereocenters. The Kier molecular flexibility index (Phi) is 4.39. The van der Waals surface area contributed by atoms with Crippen molar-refractivity contribution in [2.45, 2.75) is 18.4 Å². The second-order valence-electron chi connectivity index (χ2n) is 4.62. The fourth-order valence-electron chi connectivity index (χ4n) is 1.91. The van der Waals surface area contributed by atoms with Crippen LogP contribution >= 0.6 is 11.6 Å². The maximum atomic E-state index is 12.2. The van der Waals surface area contributed by atoms with Gasteiger partial charge < -0.3 is 9.52 Å². The molecule has 0 atom stereocenters. The number of hydrogen-bond donors (Lipinski definition) is 1. The number of rotatable bonds is 5. The number of sulfone groups is 1. The van der Waals surface area contributed by atoms with E-state index in [1.165, 1.54) is 13.0 Å². The highest BCUT2D eigenvalue weighted by Gasteiger charge is 2.20. The fraction of sp³-hybridized carbons (Fsp3) is 0.214. The summed E-state index contributed by atoms with van der Waals surface area (Å²) in [6, 6.07) is 7.94. The second kappa shape index (κ2) is 5.91. The van der Waals surface area contributed by atoms with Gasteiger partial charge in [0.2, 0.25) is 5.76 Å². The summed E-state index contributed by atoms with van der Waals surface area (Å²) in [5.74, 6) is -1.71. The highest BCUT2D eigenvalue weighted by Crippen LogP contribution is 2.22. The van der Waals surface area contributed by atoms with E-state index in [1.807, 2.05) is 0 Å². The maximum absolute atomic E-state index is 12.2. The molecular formula is C14H13ClO5S. The van der Waals surface area contributed by atoms with E-state index in [1.54, 1.807) is 24.3 Å². The van der Waals surface area contributed by atoms with Crippen molar-refractivity contribution in [1.29, 1.82) is 0 Å². The van der Waals surface area contributed by atoms with Gasteiger partial charge in [-0.1, -0.05) is 29.8 Å². The number of hydrogen-bond acceptors (Lipinski definition) is 4. The Hall–Kier alpha value is -1.79. The minimum atomic E-state index is -3.48. The molecule has 5 nitrogen and oxygen atoms in total. The van der Waals surface area contributed by atoms with Crippen LogP contribution in [0.1, 0.15) is 27.4 Å². The number of halogens is 1. The first-order valence-electron chi connectivity index (χ1n) is 6.05. The smallest absolute Gasteiger partial charge is 0.371 e. The standard InChI is InChI=1S/C14H13ClO5S/c1-9-11(6-13(20-9)14(16)17)8-21(18,19)7-10-4-2-3-5-12(10)15/h2-6H,7-8H2,1H3,(H,16,17). The number of carboxylic acid groups (broad SMARTS) is 1. The monoisotopic (exact) mass is 328 g/mol. The SMILES string of the molecule is Cc1oc(C(=O)O)cc1CS(=O)(=O)Cc1ccccc1Cl. The van der Waals surface area contributed by atoms with Gasteiger partial charge in [0, 0.05) is 10.6 Å². The molecule has 7 heteroatoms. The third-order valence-corrected chi connectivity index (χ3v) is 4.81. The average molecular weight is 329 g/mol. The van der Waals surface area contributed by atoms with Gasteiger partial charge in [-0.3, -0.25) is 0 Å². The van der Waals surface area contributed by atoms with Crippen molar-refractivity contribution >= 4 is 27.4 Å². The minimum Gasteiger partial charge on any atom is -0.475 e. The number of carbonyl (C=O) groups is 1. The van der Waals surface area contributed by atoms with E-state index in [9.17, 15) is 13.2 Å². The lowest BCUT2D eigenvalue weighted by molar-refractivity contribution is 0.0661. The summed E-state index contributed by atoms with van der Waals surface area (Å²) in [7, 11) is -3.48. The number of furan rings is 1. The van der Waals surface area contributed by atoms with Crippen LogP contribution in [0.4, 0.5) is 0 Å². The summed E-state index contributed by atoms with van der Waals surface area (Å²) in [4.78, 5) is 10.8. The topological polar surface area (TPSA) is 84.6 Å². The molecule has 2 aromatic rings. The first-order chi connectivity index (χ1) is 9.78. The number of aryl methyl sites for hydroxylation is 1. The molecule has 21 heavy (non-hydrogen) atoms. The van der Waals surface area contributed by atoms with Gasteiger partial charge in [0.15, 0.2) is 9.84 Å². The third kappa shape index (κ3) is 3.86. The molecule has 112 valence electrons. The normalized spacial score (nSPS) is 11.5. The van der Waals surface area contributed by atoms with Crippen LogP contribution in [0, 0.1) is 6.92 Å². The molecule has 0 amide bonds. The molecule has 0 bridgehead atoms. The van der Waals surface area contributed by atoms with E-state index in [0.717, 1.165) is 0 Å². The first-order valence-corrected chi connectivity index (χ1v) is 8.25. The first kappa shape index (κ1) is 15.6. The van der Waals surface area contributed by atoms with Crippen molar-refractivity contribution in [3.8, 4) is 0 Å². The van der Waals surface area contributed by atoms with Crippen molar-refractivity contribution in [2.75, 3.05) is 0 Å². The number of carboxylic acids is 1. The van der Waals surface area contributed by atoms with Crippen LogP contribution in [0.25, 0.3) is 0 Å². The predicted octanol–water partition coefficient (Wildman–Crippen LogP) is 3.05. The zero-order valence-electron chi connectivity index (χ0n) is 11.2. The molecule has 1 aromatic heterocycles. The Morgan fingerprint density at radius 1 is 1.24 bits per heavy atom. The summed E-state index contributed by atoms with van der Waals surface area (Å²) in [5.41, 5.74) is 0.859. The van der Waals surface area contributed by atoms with Gasteiger partial charge in [-0.2, -0.15) is 0 Å². The molecule has 2 rings (SSSR count). The lowest BCUT2D eigenvalue weighted by Crippen LogP contribution is -2.08. The quantitative estimate of drug-likeness (QED) is 0.911. The molecule has 0 aliphatic rings. The highest BCUT2D eigenvalue weighted by atomic mass is 35.5. The van der Waals surface area contributed by atoms with Crippen LogP contribution in [0.5, 0.6) is 0 Å². The molecule has 0 aliphatic heterocycles. The van der Waals surface area contributed by atoms with Crippen LogP contribution in [0.2, 0.25) is 5.02 Å². The van der Waals surface area contributed by atoms with Crippen LogP contribution in [-0.4, -0.2) is 19.5 Å². The lowest BCUT2D eigenvalue weighted by atomic mass is 10.2. The van der Waals surface area contributed by atoms with Crippen molar-refractivity contribution < 1.29 is 22.7 Å². The Morgan fingerprint density at radius 3 is 2.43 bits per heavy atom. The zero-order chi connectivity index (χ0) is 15.6. The largest absolute Gasteiger partial charge is 0.475 e. The Morgan fingerprint density at radius 2 is 1.86 bits per heavy atom. The molecule has 1 heterocycles. The molecule has 1 aromatic carbocycles. The van der Waals surface area contributed by atoms with Crippen molar-refractivity contribution in [3.05, 3.63) is 58.0 Å². The third-order valence-electron chi connectivity index (χ3n) is 2.94. The van der Waals surface area contributed by atoms with E-state index in [-0.39, 0.29) is 23.0 Å². The molecule has 0 aliphatic carbocycles. The Labute approximate surface area is 127 Å². The summed E-state index contributed by atoms with van der Waals surface area (Å²) < 4.78 is 29.4. The van der Waals surface area contributed by atoms with Gasteiger partial charge in [-0.15, -0.1) is 0 Å². The minimum absolute atomic E-state index is 0.209. The van der Waals surface area contributed by atoms with Gasteiger partial charge in [0.25, 0.3) is 0 Å². The van der Waals surface area contributed by atoms with E-state index in [0.29, 0.717) is 16.1 Å². The van der Waals surface area contributed by atoms with Crippen molar-refractivity contribution in [1.82, 2.24) is 0 Å². The van der Waals surface area contributed by atoms with Crippen molar-refractivity contribution in [2.24, 2.45) is 0 Å². The van der Waals surface area contributed by atoms with E-state index in [4.69, 9.17) is 21.1 Å². The lowest BCUT2D eigenvalue weighted by Gasteiger charge is -2.05. The molecule has 0 radical (unpaired) electrons. The maximum Gasteiger partial charge on any atom is 0.371 e. The van der Waals surface area contributed by atoms with Crippen molar-refractivity contribution in [3.63, 3.8) is 0 Å². The second-order valence-corrected chi connectivity index (χ2v) is 7.09. The Bertz CT molecular complexity index is 776. The molecular weight excluding hydrogens is 316 g/mol. The van der Waals surface area contributed by atoms with E-state index < -0.39 is 15.8 Å². The summed E-state index contributed by atoms with van der Waals surface area (Å²) in [6.07, 6.45) is 0. The molecule has 0 spiro atoms. The summed E-state index contributed by atoms with van der Waals surface area (Å²) >= 11 is 5.95. The predicted molar refractivity (Wildman–Crippen MR) is 78.2 cm³/mol. The molecule has 0 fully saturated rings. The van der Waals surface area contributed by atoms with Gasteiger partial charge in [-0.05, 0) is 24.6 Å². The van der Waals surface area contributed by atoms with Crippen LogP contribution in [0.3, 0.4) is 0 Å². The van der Waals surface area contributed by atoms with Gasteiger partial charge >= 0.3 is 5.97 Å². The van der Waals surface area contributed by atoms with E-state index >= 15 is 0 Å². The summed E-state index contributed by atoms with van der Waals surface area (Å²) in [5, 5.41) is 9.22. The van der Waals surface area contributed by atoms with Crippen LogP contribution in [0.15, 0.2) is 34.7 Å². The average Bonchev–Trinajstić information content (AvgIpc) is 2.73. The van der Waals surface area contributed by atoms with Gasteiger partial charge in [0.1, 0.15) is 5.76 Å². The fourth-order valence-corrected chi connectivity index (χ4v) is 3.78. The number of benzene rings is 1. The highest BCUT2D eigenvalue weighted by molar-refractivity contribution is 7.89. The van der Waals surface area contributed by atoms with Gasteiger partial charge in [-0.25, -0.2) is 13.2 Å². The van der Waals surface area contributed by atoms with Crippen LogP contribution in [-0.2, 0) is 21.3 Å². The molecule has 1 N–H and O–H groups in total. The molecule has 0 saturated heterocycles. The zero-order valence-corrected chi connectivity index (χ0v) is 12.7. The van der Waals surface area contributed by atoms with Crippen LogP contribution < -0.4 is 0 Å².